The lowest BCUT2D eigenvalue weighted by Gasteiger charge is -2.37. The lowest BCUT2D eigenvalue weighted by Crippen LogP contribution is -2.48. The number of piperazine rings is 1. The van der Waals surface area contributed by atoms with E-state index in [0.717, 1.165) is 45.6 Å². The maximum Gasteiger partial charge on any atom is 0.317 e. The summed E-state index contributed by atoms with van der Waals surface area (Å²) in [6.07, 6.45) is 3.14. The Bertz CT molecular complexity index is 750. The van der Waals surface area contributed by atoms with Crippen LogP contribution in [0.3, 0.4) is 0 Å². The molecule has 7 nitrogen and oxygen atoms in total. The van der Waals surface area contributed by atoms with Gasteiger partial charge in [0.1, 0.15) is 6.10 Å². The summed E-state index contributed by atoms with van der Waals surface area (Å²) in [6, 6.07) is 8.70. The van der Waals surface area contributed by atoms with Crippen molar-refractivity contribution in [3.63, 3.8) is 0 Å². The molecule has 1 atom stereocenters. The fourth-order valence-electron chi connectivity index (χ4n) is 5.01. The van der Waals surface area contributed by atoms with Gasteiger partial charge in [-0.3, -0.25) is 9.69 Å². The molecule has 0 radical (unpaired) electrons. The van der Waals surface area contributed by atoms with Crippen molar-refractivity contribution in [2.75, 3.05) is 57.8 Å². The summed E-state index contributed by atoms with van der Waals surface area (Å²) in [7, 11) is 1.65. The van der Waals surface area contributed by atoms with E-state index in [-0.39, 0.29) is 23.5 Å². The van der Waals surface area contributed by atoms with Crippen molar-refractivity contribution in [2.45, 2.75) is 38.7 Å². The topological polar surface area (TPSA) is 65.1 Å². The van der Waals surface area contributed by atoms with Gasteiger partial charge in [0.25, 0.3) is 0 Å². The molecule has 0 saturated carbocycles. The van der Waals surface area contributed by atoms with Gasteiger partial charge in [-0.1, -0.05) is 17.7 Å². The Hall–Kier alpha value is -2.28. The lowest BCUT2D eigenvalue weighted by molar-refractivity contribution is -0.150. The highest BCUT2D eigenvalue weighted by Gasteiger charge is 2.50. The van der Waals surface area contributed by atoms with Crippen molar-refractivity contribution in [1.29, 1.82) is 0 Å². The van der Waals surface area contributed by atoms with Crippen molar-refractivity contribution >= 4 is 17.7 Å². The van der Waals surface area contributed by atoms with Crippen LogP contribution in [-0.2, 0) is 9.53 Å². The van der Waals surface area contributed by atoms with Gasteiger partial charge in [0.2, 0.25) is 0 Å². The van der Waals surface area contributed by atoms with Crippen molar-refractivity contribution in [2.24, 2.45) is 5.41 Å². The highest BCUT2D eigenvalue weighted by molar-refractivity contribution is 5.80. The number of anilines is 1. The first-order valence-electron chi connectivity index (χ1n) is 11.2. The zero-order valence-corrected chi connectivity index (χ0v) is 18.2. The number of hydrogen-bond acceptors (Lipinski definition) is 5. The zero-order chi connectivity index (χ0) is 21.1. The van der Waals surface area contributed by atoms with Crippen LogP contribution in [-0.4, -0.2) is 80.8 Å². The van der Waals surface area contributed by atoms with E-state index >= 15 is 0 Å². The maximum absolute atomic E-state index is 12.6. The third-order valence-corrected chi connectivity index (χ3v) is 7.09. The van der Waals surface area contributed by atoms with Crippen LogP contribution in [0.2, 0.25) is 0 Å². The second-order valence-electron chi connectivity index (χ2n) is 9.01. The van der Waals surface area contributed by atoms with Gasteiger partial charge in [-0.25, -0.2) is 4.79 Å². The number of rotatable bonds is 4. The summed E-state index contributed by atoms with van der Waals surface area (Å²) in [6.45, 7) is 8.50. The largest absolute Gasteiger partial charge is 0.462 e. The number of hydrogen-bond donors (Lipinski definition) is 1. The van der Waals surface area contributed by atoms with Crippen LogP contribution < -0.4 is 10.2 Å². The van der Waals surface area contributed by atoms with Gasteiger partial charge in [-0.2, -0.15) is 0 Å². The monoisotopic (exact) mass is 414 g/mol. The van der Waals surface area contributed by atoms with E-state index in [2.05, 4.69) is 46.3 Å². The average molecular weight is 415 g/mol. The molecule has 164 valence electrons. The van der Waals surface area contributed by atoms with E-state index in [1.807, 2.05) is 0 Å². The summed E-state index contributed by atoms with van der Waals surface area (Å²) in [5.74, 6) is -0.0479. The number of carbonyl (C=O) groups is 2. The molecule has 3 heterocycles. The third-order valence-electron chi connectivity index (χ3n) is 7.09. The van der Waals surface area contributed by atoms with Crippen molar-refractivity contribution < 1.29 is 14.3 Å². The van der Waals surface area contributed by atoms with Crippen LogP contribution in [0.15, 0.2) is 24.3 Å². The standard InChI is InChI=1S/C23H34N4O3/c1-18-3-5-19(6-4-18)26-15-13-25(14-16-26)10-7-20-17-23(21(28)30-20)8-11-27(12-9-23)22(29)24-2/h3-6,20H,7-17H2,1-2H3,(H,24,29)/t20-/m0/s1. The highest BCUT2D eigenvalue weighted by Crippen LogP contribution is 2.43. The number of esters is 1. The number of cyclic esters (lactones) is 1. The molecular formula is C23H34N4O3. The molecule has 1 N–H and O–H groups in total. The number of nitrogens with zero attached hydrogens (tertiary/aromatic N) is 3. The molecule has 3 fully saturated rings. The predicted molar refractivity (Wildman–Crippen MR) is 117 cm³/mol. The minimum atomic E-state index is -0.376. The first-order chi connectivity index (χ1) is 14.5. The molecule has 3 aliphatic rings. The number of likely N-dealkylation sites (tertiary alicyclic amines) is 1. The van der Waals surface area contributed by atoms with Crippen LogP contribution in [0, 0.1) is 12.3 Å². The van der Waals surface area contributed by atoms with Crippen LogP contribution in [0.1, 0.15) is 31.2 Å². The second kappa shape index (κ2) is 8.84. The van der Waals surface area contributed by atoms with Crippen LogP contribution in [0.5, 0.6) is 0 Å². The van der Waals surface area contributed by atoms with Crippen LogP contribution in [0.4, 0.5) is 10.5 Å². The van der Waals surface area contributed by atoms with Gasteiger partial charge < -0.3 is 19.9 Å². The molecule has 2 amide bonds. The number of carbonyl (C=O) groups excluding carboxylic acids is 2. The molecule has 0 bridgehead atoms. The normalized spacial score (nSPS) is 24.2. The van der Waals surface area contributed by atoms with Crippen LogP contribution in [0.25, 0.3) is 0 Å². The molecule has 0 aliphatic carbocycles. The van der Waals surface area contributed by atoms with Gasteiger partial charge in [0, 0.05) is 65.0 Å². The Balaban J connectivity index is 1.22. The van der Waals surface area contributed by atoms with E-state index in [1.165, 1.54) is 11.3 Å². The average Bonchev–Trinajstić information content (AvgIpc) is 3.08. The van der Waals surface area contributed by atoms with E-state index in [4.69, 9.17) is 4.74 Å². The molecule has 3 aliphatic heterocycles. The molecule has 1 spiro atoms. The van der Waals surface area contributed by atoms with E-state index in [1.54, 1.807) is 11.9 Å². The minimum absolute atomic E-state index is 0.0131. The van der Waals surface area contributed by atoms with E-state index in [9.17, 15) is 9.59 Å². The predicted octanol–water partition coefficient (Wildman–Crippen LogP) is 2.24. The van der Waals surface area contributed by atoms with Gasteiger partial charge in [0.15, 0.2) is 0 Å². The molecule has 30 heavy (non-hydrogen) atoms. The van der Waals surface area contributed by atoms with Crippen molar-refractivity contribution in [3.05, 3.63) is 29.8 Å². The highest BCUT2D eigenvalue weighted by atomic mass is 16.6. The fourth-order valence-corrected chi connectivity index (χ4v) is 5.01. The Labute approximate surface area is 179 Å². The summed E-state index contributed by atoms with van der Waals surface area (Å²) in [5, 5.41) is 2.67. The lowest BCUT2D eigenvalue weighted by atomic mass is 9.76. The molecule has 0 unspecified atom stereocenters. The quantitative estimate of drug-likeness (QED) is 0.766. The Morgan fingerprint density at radius 3 is 2.40 bits per heavy atom. The van der Waals surface area contributed by atoms with Gasteiger partial charge in [-0.05, 0) is 38.3 Å². The van der Waals surface area contributed by atoms with Gasteiger partial charge >= 0.3 is 12.0 Å². The smallest absolute Gasteiger partial charge is 0.317 e. The number of aryl methyl sites for hydroxylation is 1. The summed E-state index contributed by atoms with van der Waals surface area (Å²) in [5.41, 5.74) is 2.22. The molecule has 4 rings (SSSR count). The second-order valence-corrected chi connectivity index (χ2v) is 9.01. The molecule has 0 aromatic heterocycles. The van der Waals surface area contributed by atoms with E-state index in [0.29, 0.717) is 25.9 Å². The molecule has 3 saturated heterocycles. The Morgan fingerprint density at radius 2 is 1.77 bits per heavy atom. The summed E-state index contributed by atoms with van der Waals surface area (Å²) in [4.78, 5) is 31.2. The maximum atomic E-state index is 12.6. The first-order valence-corrected chi connectivity index (χ1v) is 11.2. The number of benzene rings is 1. The molecule has 7 heteroatoms. The number of urea groups is 1. The summed E-state index contributed by atoms with van der Waals surface area (Å²) < 4.78 is 5.77. The fraction of sp³-hybridized carbons (Fsp3) is 0.652. The van der Waals surface area contributed by atoms with Crippen molar-refractivity contribution in [1.82, 2.24) is 15.1 Å². The number of nitrogens with one attached hydrogen (secondary N) is 1. The minimum Gasteiger partial charge on any atom is -0.462 e. The number of ether oxygens (including phenoxy) is 1. The number of amides is 2. The molecular weight excluding hydrogens is 380 g/mol. The van der Waals surface area contributed by atoms with Gasteiger partial charge in [-0.15, -0.1) is 0 Å². The van der Waals surface area contributed by atoms with Crippen molar-refractivity contribution in [3.8, 4) is 0 Å². The Kier molecular flexibility index (Phi) is 6.18. The number of piperidine rings is 1. The summed E-state index contributed by atoms with van der Waals surface area (Å²) >= 11 is 0. The molecule has 1 aromatic rings. The Morgan fingerprint density at radius 1 is 1.10 bits per heavy atom. The molecule has 1 aromatic carbocycles. The third kappa shape index (κ3) is 4.41. The first kappa shape index (κ1) is 21.0. The van der Waals surface area contributed by atoms with Gasteiger partial charge in [0.05, 0.1) is 5.41 Å². The van der Waals surface area contributed by atoms with Crippen LogP contribution >= 0.6 is 0 Å². The zero-order valence-electron chi connectivity index (χ0n) is 18.2. The SMILES string of the molecule is CNC(=O)N1CCC2(CC1)C[C@H](CCN1CCN(c3ccc(C)cc3)CC1)OC2=O. The van der Waals surface area contributed by atoms with E-state index < -0.39 is 0 Å².